The van der Waals surface area contributed by atoms with E-state index in [2.05, 4.69) is 19.4 Å². The number of pyridine rings is 2. The van der Waals surface area contributed by atoms with Gasteiger partial charge >= 0.3 is 18.3 Å². The number of hydrogen-bond acceptors (Lipinski definition) is 7. The molecule has 0 saturated carbocycles. The van der Waals surface area contributed by atoms with Crippen molar-refractivity contribution in [3.05, 3.63) is 143 Å². The molecule has 0 aliphatic rings. The molecule has 0 saturated heterocycles. The van der Waals surface area contributed by atoms with Crippen LogP contribution in [0.5, 0.6) is 0 Å². The third-order valence-electron chi connectivity index (χ3n) is 8.18. The second-order valence-corrected chi connectivity index (χ2v) is 13.0. The zero-order chi connectivity index (χ0) is 42.6. The van der Waals surface area contributed by atoms with E-state index in [1.165, 1.54) is 6.26 Å². The lowest BCUT2D eigenvalue weighted by molar-refractivity contribution is -0.146. The van der Waals surface area contributed by atoms with Crippen molar-refractivity contribution in [3.8, 4) is 22.5 Å². The summed E-state index contributed by atoms with van der Waals surface area (Å²) >= 11 is 0. The Morgan fingerprint density at radius 3 is 1.51 bits per heavy atom. The number of carbonyl (C=O) groups excluding carboxylic acids is 2. The maximum absolute atomic E-state index is 13.5. The van der Waals surface area contributed by atoms with Gasteiger partial charge in [0.1, 0.15) is 6.26 Å². The topological polar surface area (TPSA) is 122 Å². The molecule has 0 atom stereocenters. The van der Waals surface area contributed by atoms with E-state index in [1.54, 1.807) is 51.1 Å². The molecule has 0 unspecified atom stereocenters. The third-order valence-corrected chi connectivity index (χ3v) is 8.18. The van der Waals surface area contributed by atoms with Crippen LogP contribution in [0, 0.1) is 47.8 Å². The van der Waals surface area contributed by atoms with E-state index in [4.69, 9.17) is 17.6 Å². The maximum Gasteiger partial charge on any atom is 0.407 e. The first-order valence-electron chi connectivity index (χ1n) is 16.7. The number of rotatable bonds is 8. The molecule has 0 amide bonds. The normalized spacial score (nSPS) is 11.3. The molecule has 17 heteroatoms. The van der Waals surface area contributed by atoms with Gasteiger partial charge in [0.2, 0.25) is 0 Å². The van der Waals surface area contributed by atoms with Gasteiger partial charge in [0.25, 0.3) is 22.5 Å². The summed E-state index contributed by atoms with van der Waals surface area (Å²) in [5.41, 5.74) is -2.73. The lowest BCUT2D eigenvalue weighted by Gasteiger charge is -2.18. The first-order chi connectivity index (χ1) is 26.5. The molecule has 0 aliphatic carbocycles. The van der Waals surface area contributed by atoms with Crippen molar-refractivity contribution >= 4 is 23.1 Å². The summed E-state index contributed by atoms with van der Waals surface area (Å²) in [6, 6.07) is 11.8. The Kier molecular flexibility index (Phi) is 12.8. The molecular weight excluding hydrogens is 760 g/mol. The number of halogens is 6. The van der Waals surface area contributed by atoms with Crippen LogP contribution in [-0.4, -0.2) is 32.5 Å². The number of hydrogen-bond donors (Lipinski definition) is 0. The highest BCUT2D eigenvalue weighted by Crippen LogP contribution is 2.39. The zero-order valence-corrected chi connectivity index (χ0v) is 31.3. The Hall–Kier alpha value is -6.75. The van der Waals surface area contributed by atoms with Gasteiger partial charge in [-0.2, -0.15) is 26.3 Å². The van der Waals surface area contributed by atoms with E-state index in [-0.39, 0.29) is 17.9 Å². The van der Waals surface area contributed by atoms with E-state index in [1.807, 2.05) is 19.9 Å². The molecule has 0 radical (unpaired) electrons. The van der Waals surface area contributed by atoms with Gasteiger partial charge in [-0.1, -0.05) is 34.4 Å². The highest BCUT2D eigenvalue weighted by Gasteiger charge is 2.38. The number of ether oxygens (including phenoxy) is 1. The molecule has 3 heterocycles. The van der Waals surface area contributed by atoms with E-state index >= 15 is 0 Å². The van der Waals surface area contributed by atoms with E-state index in [0.29, 0.717) is 28.8 Å². The summed E-state index contributed by atoms with van der Waals surface area (Å²) in [5.74, 6) is -1.05. The lowest BCUT2D eigenvalue weighted by atomic mass is 10.0. The lowest BCUT2D eigenvalue weighted by Crippen LogP contribution is -2.29. The van der Waals surface area contributed by atoms with Gasteiger partial charge in [-0.25, -0.2) is 14.7 Å². The summed E-state index contributed by atoms with van der Waals surface area (Å²) < 4.78 is 92.6. The largest absolute Gasteiger partial charge is 0.458 e. The van der Waals surface area contributed by atoms with Gasteiger partial charge in [0.05, 0.1) is 43.1 Å². The minimum absolute atomic E-state index is 0.0668. The fourth-order valence-corrected chi connectivity index (χ4v) is 6.00. The van der Waals surface area contributed by atoms with Gasteiger partial charge in [-0.05, 0) is 75.2 Å². The van der Waals surface area contributed by atoms with Crippen LogP contribution in [-0.2, 0) is 39.8 Å². The van der Waals surface area contributed by atoms with E-state index in [0.717, 1.165) is 44.4 Å². The first kappa shape index (κ1) is 43.0. The number of carbonyl (C=O) groups is 2. The van der Waals surface area contributed by atoms with Crippen molar-refractivity contribution in [3.63, 3.8) is 0 Å². The third kappa shape index (κ3) is 10.3. The Balaban J connectivity index is 0.000000253. The first-order valence-corrected chi connectivity index (χ1v) is 16.7. The Morgan fingerprint density at radius 2 is 1.14 bits per heavy atom. The summed E-state index contributed by atoms with van der Waals surface area (Å²) in [6.07, 6.45) is -8.41. The molecule has 0 spiro atoms. The Bertz CT molecular complexity index is 2550. The standard InChI is InChI=1S/C20H16F3N3O2.C20H17F3N2O4/c1-11-5-12(2)7-14(6-11)17-8-16(20(21,22)23)18(24-4)19(27)26(17)9-15-10-28-13(3)25-15;1-11-5-12(2)7-14(6-11)17-8-16(20(21,22)23)18(24-4)19(28)25(17)9-15(27)10-29-13(3)26/h5-8,10H,9H2,1-3H3;5-8H,9-10H2,1-3H3. The number of ketones is 1. The van der Waals surface area contributed by atoms with Crippen LogP contribution in [0.2, 0.25) is 0 Å². The van der Waals surface area contributed by atoms with Crippen molar-refractivity contribution in [1.82, 2.24) is 14.1 Å². The van der Waals surface area contributed by atoms with Crippen LogP contribution in [0.3, 0.4) is 0 Å². The molecular formula is C40H33F6N5O6. The number of benzene rings is 2. The maximum atomic E-state index is 13.5. The number of oxazole rings is 1. The molecule has 0 bridgehead atoms. The van der Waals surface area contributed by atoms with Crippen molar-refractivity contribution in [2.45, 2.75) is 67.0 Å². The second-order valence-electron chi connectivity index (χ2n) is 13.0. The fourth-order valence-electron chi connectivity index (χ4n) is 6.00. The molecule has 2 aromatic carbocycles. The van der Waals surface area contributed by atoms with Crippen LogP contribution in [0.25, 0.3) is 32.2 Å². The zero-order valence-electron chi connectivity index (χ0n) is 31.3. The van der Waals surface area contributed by atoms with Crippen LogP contribution in [0.1, 0.15) is 51.9 Å². The average Bonchev–Trinajstić information content (AvgIpc) is 3.51. The molecule has 11 nitrogen and oxygen atoms in total. The Morgan fingerprint density at radius 1 is 0.719 bits per heavy atom. The summed E-state index contributed by atoms with van der Waals surface area (Å²) in [4.78, 5) is 58.3. The van der Waals surface area contributed by atoms with E-state index < -0.39 is 70.9 Å². The predicted molar refractivity (Wildman–Crippen MR) is 196 cm³/mol. The molecule has 0 fully saturated rings. The monoisotopic (exact) mass is 793 g/mol. The molecule has 0 N–H and O–H groups in total. The SMILES string of the molecule is [C-]#[N+]c1c(C(F)(F)F)cc(-c2cc(C)cc(C)c2)n(CC(=O)COC(C)=O)c1=O.[C-]#[N+]c1c(C(F)(F)F)cc(-c2cc(C)cc(C)c2)n(Cc2coc(C)n2)c1=O. The van der Waals surface area contributed by atoms with Crippen LogP contribution >= 0.6 is 0 Å². The quantitative estimate of drug-likeness (QED) is 0.0874. The predicted octanol–water partition coefficient (Wildman–Crippen LogP) is 8.88. The van der Waals surface area contributed by atoms with Gasteiger partial charge in [0, 0.05) is 25.2 Å². The van der Waals surface area contributed by atoms with Crippen molar-refractivity contribution in [2.75, 3.05) is 6.61 Å². The van der Waals surface area contributed by atoms with Gasteiger partial charge in [0.15, 0.2) is 18.3 Å². The smallest absolute Gasteiger partial charge is 0.407 e. The highest BCUT2D eigenvalue weighted by molar-refractivity contribution is 5.83. The summed E-state index contributed by atoms with van der Waals surface area (Å²) in [6.45, 7) is 22.6. The average molecular weight is 794 g/mol. The fraction of sp³-hybridized carbons (Fsp3) is 0.275. The minimum atomic E-state index is -4.92. The highest BCUT2D eigenvalue weighted by atomic mass is 19.4. The summed E-state index contributed by atoms with van der Waals surface area (Å²) in [5, 5.41) is 0. The van der Waals surface area contributed by atoms with Crippen molar-refractivity contribution in [2.24, 2.45) is 0 Å². The number of alkyl halides is 6. The van der Waals surface area contributed by atoms with E-state index in [9.17, 15) is 45.5 Å². The van der Waals surface area contributed by atoms with Crippen molar-refractivity contribution in [1.29, 1.82) is 0 Å². The molecule has 5 aromatic rings. The van der Waals surface area contributed by atoms with Crippen molar-refractivity contribution < 1.29 is 45.1 Å². The number of esters is 1. The number of aryl methyl sites for hydroxylation is 5. The summed E-state index contributed by atoms with van der Waals surface area (Å²) in [7, 11) is 0. The van der Waals surface area contributed by atoms with Gasteiger partial charge < -0.3 is 18.3 Å². The molecule has 57 heavy (non-hydrogen) atoms. The van der Waals surface area contributed by atoms with Crippen LogP contribution in [0.15, 0.2) is 68.8 Å². The van der Waals surface area contributed by atoms with Gasteiger partial charge in [-0.3, -0.25) is 19.2 Å². The minimum Gasteiger partial charge on any atom is -0.458 e. The molecule has 3 aromatic heterocycles. The second kappa shape index (κ2) is 16.9. The van der Waals surface area contributed by atoms with Gasteiger partial charge in [-0.15, -0.1) is 0 Å². The van der Waals surface area contributed by atoms with Crippen LogP contribution in [0.4, 0.5) is 37.7 Å². The molecule has 296 valence electrons. The Labute approximate surface area is 321 Å². The molecule has 5 rings (SSSR count). The number of Topliss-reactive ketones (excluding diaryl/α,β-unsaturated/α-hetero) is 1. The number of nitrogens with zero attached hydrogens (tertiary/aromatic N) is 5. The number of aromatic nitrogens is 3. The molecule has 0 aliphatic heterocycles. The van der Waals surface area contributed by atoms with Crippen LogP contribution < -0.4 is 11.1 Å².